The Balaban J connectivity index is 1.54. The summed E-state index contributed by atoms with van der Waals surface area (Å²) in [4.78, 5) is 17.5. The third-order valence-electron chi connectivity index (χ3n) is 5.98. The number of rotatable bonds is 8. The standard InChI is InChI=1S/C24H29ClN4O3S/c1-3-12-29-22-9-8-19(33(31,32)28-13-4-5-14-28)16-21(22)27-23(29)10-11-24(30)26-18-7-6-17(2)20(25)15-18/h6-9,15-16H,3-5,10-14H2,1-2H3,(H,26,30). The molecule has 176 valence electrons. The molecule has 0 atom stereocenters. The van der Waals surface area contributed by atoms with E-state index in [2.05, 4.69) is 16.8 Å². The molecule has 2 aromatic carbocycles. The molecule has 2 heterocycles. The number of halogens is 1. The van der Waals surface area contributed by atoms with Crippen LogP contribution in [0.5, 0.6) is 0 Å². The average molecular weight is 489 g/mol. The fourth-order valence-electron chi connectivity index (χ4n) is 4.18. The Labute approximate surface area is 199 Å². The van der Waals surface area contributed by atoms with Crippen LogP contribution in [0, 0.1) is 6.92 Å². The van der Waals surface area contributed by atoms with Crippen LogP contribution in [0.25, 0.3) is 11.0 Å². The summed E-state index contributed by atoms with van der Waals surface area (Å²) in [5.74, 6) is 0.655. The number of nitrogens with zero attached hydrogens (tertiary/aromatic N) is 3. The Kier molecular flexibility index (Phi) is 7.07. The first-order valence-electron chi connectivity index (χ1n) is 11.3. The van der Waals surface area contributed by atoms with E-state index in [1.165, 1.54) is 0 Å². The number of carbonyl (C=O) groups excluding carboxylic acids is 1. The Hall–Kier alpha value is -2.42. The van der Waals surface area contributed by atoms with E-state index in [1.54, 1.807) is 22.5 Å². The van der Waals surface area contributed by atoms with Crippen molar-refractivity contribution in [1.82, 2.24) is 13.9 Å². The Morgan fingerprint density at radius 3 is 2.61 bits per heavy atom. The van der Waals surface area contributed by atoms with Crippen molar-refractivity contribution in [3.8, 4) is 0 Å². The zero-order chi connectivity index (χ0) is 23.6. The molecule has 1 saturated heterocycles. The summed E-state index contributed by atoms with van der Waals surface area (Å²) < 4.78 is 29.5. The highest BCUT2D eigenvalue weighted by Crippen LogP contribution is 2.26. The Bertz CT molecular complexity index is 1280. The van der Waals surface area contributed by atoms with Crippen LogP contribution in [0.15, 0.2) is 41.3 Å². The number of sulfonamides is 1. The summed E-state index contributed by atoms with van der Waals surface area (Å²) in [5.41, 5.74) is 3.14. The highest BCUT2D eigenvalue weighted by atomic mass is 35.5. The van der Waals surface area contributed by atoms with Gasteiger partial charge in [0.2, 0.25) is 15.9 Å². The molecule has 1 aromatic heterocycles. The quantitative estimate of drug-likeness (QED) is 0.495. The number of imidazole rings is 1. The van der Waals surface area contributed by atoms with Crippen molar-refractivity contribution in [1.29, 1.82) is 0 Å². The third kappa shape index (κ3) is 5.08. The molecule has 1 amide bonds. The molecule has 0 bridgehead atoms. The van der Waals surface area contributed by atoms with E-state index in [0.29, 0.717) is 35.7 Å². The summed E-state index contributed by atoms with van der Waals surface area (Å²) in [5, 5.41) is 3.49. The highest BCUT2D eigenvalue weighted by Gasteiger charge is 2.27. The molecule has 1 aliphatic rings. The minimum absolute atomic E-state index is 0.123. The maximum atomic E-state index is 13.0. The highest BCUT2D eigenvalue weighted by molar-refractivity contribution is 7.89. The Morgan fingerprint density at radius 1 is 1.15 bits per heavy atom. The van der Waals surface area contributed by atoms with Gasteiger partial charge in [-0.15, -0.1) is 0 Å². The van der Waals surface area contributed by atoms with Crippen molar-refractivity contribution < 1.29 is 13.2 Å². The van der Waals surface area contributed by atoms with Crippen LogP contribution < -0.4 is 5.32 Å². The number of aryl methyl sites for hydroxylation is 3. The number of hydrogen-bond donors (Lipinski definition) is 1. The molecule has 0 unspecified atom stereocenters. The second-order valence-electron chi connectivity index (χ2n) is 8.45. The average Bonchev–Trinajstić information content (AvgIpc) is 3.44. The van der Waals surface area contributed by atoms with Gasteiger partial charge in [0.05, 0.1) is 15.9 Å². The predicted molar refractivity (Wildman–Crippen MR) is 131 cm³/mol. The minimum atomic E-state index is -3.50. The van der Waals surface area contributed by atoms with Gasteiger partial charge in [0.1, 0.15) is 5.82 Å². The van der Waals surface area contributed by atoms with Gasteiger partial charge in [0.15, 0.2) is 0 Å². The molecule has 0 spiro atoms. The molecule has 1 fully saturated rings. The van der Waals surface area contributed by atoms with Crippen LogP contribution in [0.2, 0.25) is 5.02 Å². The topological polar surface area (TPSA) is 84.3 Å². The molecule has 1 aliphatic heterocycles. The van der Waals surface area contributed by atoms with Gasteiger partial charge in [-0.1, -0.05) is 24.6 Å². The number of amides is 1. The maximum Gasteiger partial charge on any atom is 0.243 e. The SMILES string of the molecule is CCCn1c(CCC(=O)Nc2ccc(C)c(Cl)c2)nc2cc(S(=O)(=O)N3CCCC3)ccc21. The number of carbonyl (C=O) groups is 1. The van der Waals surface area contributed by atoms with Gasteiger partial charge in [-0.3, -0.25) is 4.79 Å². The van der Waals surface area contributed by atoms with E-state index in [0.717, 1.165) is 42.7 Å². The first kappa shape index (κ1) is 23.7. The van der Waals surface area contributed by atoms with Crippen molar-refractivity contribution in [3.63, 3.8) is 0 Å². The number of benzene rings is 2. The number of aromatic nitrogens is 2. The minimum Gasteiger partial charge on any atom is -0.328 e. The zero-order valence-electron chi connectivity index (χ0n) is 19.0. The molecule has 1 N–H and O–H groups in total. The van der Waals surface area contributed by atoms with E-state index < -0.39 is 10.0 Å². The number of nitrogens with one attached hydrogen (secondary N) is 1. The lowest BCUT2D eigenvalue weighted by atomic mass is 10.2. The van der Waals surface area contributed by atoms with Gasteiger partial charge in [-0.25, -0.2) is 13.4 Å². The summed E-state index contributed by atoms with van der Waals surface area (Å²) in [6.45, 7) is 5.87. The van der Waals surface area contributed by atoms with Crippen molar-refractivity contribution in [2.75, 3.05) is 18.4 Å². The van der Waals surface area contributed by atoms with Crippen molar-refractivity contribution in [2.24, 2.45) is 0 Å². The largest absolute Gasteiger partial charge is 0.328 e. The van der Waals surface area contributed by atoms with E-state index in [9.17, 15) is 13.2 Å². The number of anilines is 1. The van der Waals surface area contributed by atoms with Gasteiger partial charge >= 0.3 is 0 Å². The Morgan fingerprint density at radius 2 is 1.91 bits per heavy atom. The second-order valence-corrected chi connectivity index (χ2v) is 10.8. The van der Waals surface area contributed by atoms with Gasteiger partial charge in [0, 0.05) is 43.2 Å². The van der Waals surface area contributed by atoms with E-state index in [4.69, 9.17) is 16.6 Å². The molecule has 0 radical (unpaired) electrons. The molecule has 0 aliphatic carbocycles. The summed E-state index contributed by atoms with van der Waals surface area (Å²) in [7, 11) is -3.50. The van der Waals surface area contributed by atoms with Gasteiger partial charge < -0.3 is 9.88 Å². The summed E-state index contributed by atoms with van der Waals surface area (Å²) in [6, 6.07) is 10.6. The predicted octanol–water partition coefficient (Wildman–Crippen LogP) is 4.76. The van der Waals surface area contributed by atoms with Crippen LogP contribution in [0.1, 0.15) is 44.0 Å². The van der Waals surface area contributed by atoms with Crippen LogP contribution in [0.4, 0.5) is 5.69 Å². The van der Waals surface area contributed by atoms with Crippen LogP contribution in [0.3, 0.4) is 0 Å². The lowest BCUT2D eigenvalue weighted by Gasteiger charge is -2.15. The van der Waals surface area contributed by atoms with Crippen molar-refractivity contribution in [2.45, 2.75) is 57.4 Å². The third-order valence-corrected chi connectivity index (χ3v) is 8.28. The molecule has 0 saturated carbocycles. The fraction of sp³-hybridized carbons (Fsp3) is 0.417. The van der Waals surface area contributed by atoms with Crippen molar-refractivity contribution in [3.05, 3.63) is 52.8 Å². The van der Waals surface area contributed by atoms with E-state index >= 15 is 0 Å². The molecule has 7 nitrogen and oxygen atoms in total. The van der Waals surface area contributed by atoms with Crippen molar-refractivity contribution >= 4 is 44.3 Å². The normalized spacial score (nSPS) is 14.8. The lowest BCUT2D eigenvalue weighted by Crippen LogP contribution is -2.27. The van der Waals surface area contributed by atoms with Crippen LogP contribution in [-0.4, -0.2) is 41.3 Å². The molecule has 33 heavy (non-hydrogen) atoms. The summed E-state index contributed by atoms with van der Waals surface area (Å²) in [6.07, 6.45) is 3.41. The first-order chi connectivity index (χ1) is 15.8. The summed E-state index contributed by atoms with van der Waals surface area (Å²) >= 11 is 6.15. The molecular formula is C24H29ClN4O3S. The monoisotopic (exact) mass is 488 g/mol. The second kappa shape index (κ2) is 9.83. The van der Waals surface area contributed by atoms with Crippen LogP contribution >= 0.6 is 11.6 Å². The molecule has 3 aromatic rings. The number of hydrogen-bond acceptors (Lipinski definition) is 4. The van der Waals surface area contributed by atoms with Gasteiger partial charge in [-0.2, -0.15) is 4.31 Å². The van der Waals surface area contributed by atoms with E-state index in [1.807, 2.05) is 25.1 Å². The van der Waals surface area contributed by atoms with Gasteiger partial charge in [0.25, 0.3) is 0 Å². The lowest BCUT2D eigenvalue weighted by molar-refractivity contribution is -0.116. The van der Waals surface area contributed by atoms with E-state index in [-0.39, 0.29) is 17.2 Å². The zero-order valence-corrected chi connectivity index (χ0v) is 20.5. The van der Waals surface area contributed by atoms with Crippen LogP contribution in [-0.2, 0) is 27.8 Å². The van der Waals surface area contributed by atoms with Gasteiger partial charge in [-0.05, 0) is 62.1 Å². The number of fused-ring (bicyclic) bond motifs is 1. The fourth-order valence-corrected chi connectivity index (χ4v) is 5.90. The molecule has 4 rings (SSSR count). The molecular weight excluding hydrogens is 460 g/mol. The smallest absolute Gasteiger partial charge is 0.243 e. The maximum absolute atomic E-state index is 13.0. The molecule has 9 heteroatoms. The first-order valence-corrected chi connectivity index (χ1v) is 13.2.